The number of carboxylic acid groups (broad SMARTS) is 1. The van der Waals surface area contributed by atoms with Gasteiger partial charge in [0, 0.05) is 16.2 Å². The zero-order valence-corrected chi connectivity index (χ0v) is 12.1. The van der Waals surface area contributed by atoms with Crippen LogP contribution in [0.3, 0.4) is 0 Å². The van der Waals surface area contributed by atoms with Gasteiger partial charge in [-0.1, -0.05) is 23.2 Å². The van der Waals surface area contributed by atoms with E-state index in [9.17, 15) is 13.2 Å². The molecule has 0 amide bonds. The van der Waals surface area contributed by atoms with Crippen LogP contribution in [0.5, 0.6) is 0 Å². The Morgan fingerprint density at radius 3 is 2.25 bits per heavy atom. The lowest BCUT2D eigenvalue weighted by Gasteiger charge is -2.07. The second-order valence-electron chi connectivity index (χ2n) is 3.82. The molecule has 0 bridgehead atoms. The van der Waals surface area contributed by atoms with E-state index in [1.807, 2.05) is 0 Å². The van der Waals surface area contributed by atoms with Crippen LogP contribution in [-0.4, -0.2) is 24.5 Å². The van der Waals surface area contributed by atoms with E-state index in [1.54, 1.807) is 0 Å². The quantitative estimate of drug-likeness (QED) is 0.800. The number of aromatic carboxylic acids is 1. The van der Waals surface area contributed by atoms with Crippen molar-refractivity contribution in [2.45, 2.75) is 4.90 Å². The maximum absolute atomic E-state index is 12.0. The Hall–Kier alpha value is -1.70. The third-order valence-corrected chi connectivity index (χ3v) is 4.11. The zero-order chi connectivity index (χ0) is 14.9. The molecule has 106 valence electrons. The first-order valence-electron chi connectivity index (χ1n) is 5.18. The van der Waals surface area contributed by atoms with Crippen molar-refractivity contribution in [1.29, 1.82) is 0 Å². The fourth-order valence-corrected chi connectivity index (χ4v) is 3.04. The Balaban J connectivity index is 2.32. The van der Waals surface area contributed by atoms with Crippen molar-refractivity contribution in [2.75, 3.05) is 4.72 Å². The van der Waals surface area contributed by atoms with Crippen molar-refractivity contribution in [2.24, 2.45) is 0 Å². The molecule has 0 spiro atoms. The molecule has 0 fully saturated rings. The maximum Gasteiger partial charge on any atom is 0.352 e. The predicted molar refractivity (Wildman–Crippen MR) is 75.0 cm³/mol. The minimum absolute atomic E-state index is 0.181. The van der Waals surface area contributed by atoms with Crippen molar-refractivity contribution < 1.29 is 18.3 Å². The number of aromatic amines is 1. The van der Waals surface area contributed by atoms with Crippen molar-refractivity contribution >= 4 is 44.9 Å². The molecule has 0 unspecified atom stereocenters. The largest absolute Gasteiger partial charge is 0.477 e. The molecule has 9 heteroatoms. The monoisotopic (exact) mass is 334 g/mol. The molecule has 1 heterocycles. The lowest BCUT2D eigenvalue weighted by Crippen LogP contribution is -2.12. The van der Waals surface area contributed by atoms with Crippen LogP contribution in [0.2, 0.25) is 10.0 Å². The molecule has 0 radical (unpaired) electrons. The molecule has 1 aromatic carbocycles. The molecule has 2 aromatic rings. The second kappa shape index (κ2) is 5.35. The number of halogens is 2. The summed E-state index contributed by atoms with van der Waals surface area (Å²) in [6.45, 7) is 0. The summed E-state index contributed by atoms with van der Waals surface area (Å²) < 4.78 is 26.4. The van der Waals surface area contributed by atoms with Gasteiger partial charge in [0.05, 0.1) is 5.69 Å². The number of carbonyl (C=O) groups is 1. The highest BCUT2D eigenvalue weighted by atomic mass is 35.5. The topological polar surface area (TPSA) is 99.3 Å². The van der Waals surface area contributed by atoms with E-state index in [1.165, 1.54) is 18.2 Å². The number of nitrogens with one attached hydrogen (secondary N) is 2. The SMILES string of the molecule is O=C(O)c1cc(S(=O)(=O)Nc2cc(Cl)cc(Cl)c2)c[nH]1. The number of aromatic nitrogens is 1. The van der Waals surface area contributed by atoms with Gasteiger partial charge in [-0.15, -0.1) is 0 Å². The predicted octanol–water partition coefficient (Wildman–Crippen LogP) is 2.82. The van der Waals surface area contributed by atoms with Gasteiger partial charge in [-0.2, -0.15) is 0 Å². The average Bonchev–Trinajstić information content (AvgIpc) is 2.76. The Labute approximate surface area is 124 Å². The number of benzene rings is 1. The number of hydrogen-bond acceptors (Lipinski definition) is 3. The van der Waals surface area contributed by atoms with Crippen molar-refractivity contribution in [3.05, 3.63) is 46.2 Å². The molecule has 0 saturated heterocycles. The van der Waals surface area contributed by atoms with Crippen LogP contribution in [0.25, 0.3) is 0 Å². The third kappa shape index (κ3) is 3.24. The van der Waals surface area contributed by atoms with Gasteiger partial charge in [-0.3, -0.25) is 4.72 Å². The minimum Gasteiger partial charge on any atom is -0.477 e. The molecule has 6 nitrogen and oxygen atoms in total. The van der Waals surface area contributed by atoms with Crippen molar-refractivity contribution in [1.82, 2.24) is 4.98 Å². The zero-order valence-electron chi connectivity index (χ0n) is 9.72. The first-order chi connectivity index (χ1) is 9.28. The molecular formula is C11H8Cl2N2O4S. The molecule has 0 saturated carbocycles. The molecule has 0 aliphatic rings. The first-order valence-corrected chi connectivity index (χ1v) is 7.42. The highest BCUT2D eigenvalue weighted by Crippen LogP contribution is 2.24. The van der Waals surface area contributed by atoms with Gasteiger partial charge in [-0.05, 0) is 24.3 Å². The van der Waals surface area contributed by atoms with Crippen LogP contribution in [0.15, 0.2) is 35.4 Å². The average molecular weight is 335 g/mol. The molecule has 20 heavy (non-hydrogen) atoms. The summed E-state index contributed by atoms with van der Waals surface area (Å²) in [5.74, 6) is -1.25. The molecule has 1 aromatic heterocycles. The first kappa shape index (κ1) is 14.7. The van der Waals surface area contributed by atoms with E-state index in [2.05, 4.69) is 9.71 Å². The Morgan fingerprint density at radius 1 is 1.15 bits per heavy atom. The van der Waals surface area contributed by atoms with Gasteiger partial charge in [-0.25, -0.2) is 13.2 Å². The Morgan fingerprint density at radius 2 is 1.75 bits per heavy atom. The molecule has 0 atom stereocenters. The minimum atomic E-state index is -3.92. The molecular weight excluding hydrogens is 327 g/mol. The molecule has 0 aliphatic carbocycles. The highest BCUT2D eigenvalue weighted by molar-refractivity contribution is 7.92. The number of anilines is 1. The molecule has 2 rings (SSSR count). The summed E-state index contributed by atoms with van der Waals surface area (Å²) in [6, 6.07) is 5.24. The van der Waals surface area contributed by atoms with Gasteiger partial charge in [0.15, 0.2) is 0 Å². The van der Waals surface area contributed by atoms with Crippen LogP contribution in [0, 0.1) is 0 Å². The van der Waals surface area contributed by atoms with Crippen LogP contribution in [-0.2, 0) is 10.0 Å². The van der Waals surface area contributed by atoms with Crippen LogP contribution >= 0.6 is 23.2 Å². The molecule has 3 N–H and O–H groups in total. The van der Waals surface area contributed by atoms with E-state index in [0.717, 1.165) is 12.3 Å². The second-order valence-corrected chi connectivity index (χ2v) is 6.37. The smallest absolute Gasteiger partial charge is 0.352 e. The number of hydrogen-bond donors (Lipinski definition) is 3. The van der Waals surface area contributed by atoms with Crippen molar-refractivity contribution in [3.63, 3.8) is 0 Å². The van der Waals surface area contributed by atoms with Gasteiger partial charge in [0.2, 0.25) is 0 Å². The summed E-state index contributed by atoms with van der Waals surface area (Å²) in [6.07, 6.45) is 1.08. The Kier molecular flexibility index (Phi) is 3.94. The normalized spacial score (nSPS) is 11.3. The summed E-state index contributed by atoms with van der Waals surface area (Å²) >= 11 is 11.5. The van der Waals surface area contributed by atoms with E-state index >= 15 is 0 Å². The van der Waals surface area contributed by atoms with Gasteiger partial charge in [0.25, 0.3) is 10.0 Å². The van der Waals surface area contributed by atoms with Crippen LogP contribution in [0.1, 0.15) is 10.5 Å². The van der Waals surface area contributed by atoms with Gasteiger partial charge < -0.3 is 10.1 Å². The molecule has 0 aliphatic heterocycles. The van der Waals surface area contributed by atoms with Crippen molar-refractivity contribution in [3.8, 4) is 0 Å². The van der Waals surface area contributed by atoms with Gasteiger partial charge in [0.1, 0.15) is 10.6 Å². The fraction of sp³-hybridized carbons (Fsp3) is 0. The Bertz CT molecular complexity index is 750. The van der Waals surface area contributed by atoms with E-state index < -0.39 is 16.0 Å². The number of H-pyrrole nitrogens is 1. The third-order valence-electron chi connectivity index (χ3n) is 2.31. The maximum atomic E-state index is 12.0. The van der Waals surface area contributed by atoms with Gasteiger partial charge >= 0.3 is 5.97 Å². The van der Waals surface area contributed by atoms with E-state index in [4.69, 9.17) is 28.3 Å². The summed E-state index contributed by atoms with van der Waals surface area (Å²) in [5, 5.41) is 9.29. The van der Waals surface area contributed by atoms with Crippen LogP contribution in [0.4, 0.5) is 5.69 Å². The fourth-order valence-electron chi connectivity index (χ4n) is 1.48. The number of carboxylic acids is 1. The van der Waals surface area contributed by atoms with E-state index in [0.29, 0.717) is 0 Å². The van der Waals surface area contributed by atoms with Crippen LogP contribution < -0.4 is 4.72 Å². The summed E-state index contributed by atoms with van der Waals surface area (Å²) in [4.78, 5) is 12.9. The highest BCUT2D eigenvalue weighted by Gasteiger charge is 2.18. The summed E-state index contributed by atoms with van der Waals surface area (Å²) in [5.41, 5.74) is -0.0462. The summed E-state index contributed by atoms with van der Waals surface area (Å²) in [7, 11) is -3.92. The lowest BCUT2D eigenvalue weighted by molar-refractivity contribution is 0.0691. The lowest BCUT2D eigenvalue weighted by atomic mass is 10.3. The number of rotatable bonds is 4. The number of sulfonamides is 1. The standard InChI is InChI=1S/C11H8Cl2N2O4S/c12-6-1-7(13)3-8(2-6)15-20(18,19)9-4-10(11(16)17)14-5-9/h1-5,14-15H,(H,16,17). The van der Waals surface area contributed by atoms with E-state index in [-0.39, 0.29) is 26.3 Å².